The molecule has 18 heavy (non-hydrogen) atoms. The Morgan fingerprint density at radius 3 is 2.56 bits per heavy atom. The number of alkyl halides is 2. The van der Waals surface area contributed by atoms with Crippen LogP contribution in [0.2, 0.25) is 0 Å². The van der Waals surface area contributed by atoms with Gasteiger partial charge in [-0.1, -0.05) is 35.8 Å². The van der Waals surface area contributed by atoms with Crippen LogP contribution < -0.4 is 10.2 Å². The summed E-state index contributed by atoms with van der Waals surface area (Å²) in [5.41, 5.74) is 1.85. The highest BCUT2D eigenvalue weighted by molar-refractivity contribution is 9.10. The first-order valence-electron chi connectivity index (χ1n) is 5.91. The van der Waals surface area contributed by atoms with E-state index in [1.54, 1.807) is 11.9 Å². The van der Waals surface area contributed by atoms with Crippen molar-refractivity contribution < 1.29 is 8.78 Å². The van der Waals surface area contributed by atoms with Crippen molar-refractivity contribution in [3.05, 3.63) is 28.2 Å². The summed E-state index contributed by atoms with van der Waals surface area (Å²) < 4.78 is 25.8. The maximum absolute atomic E-state index is 12.4. The molecule has 0 saturated carbocycles. The van der Waals surface area contributed by atoms with E-state index in [0.717, 1.165) is 15.7 Å². The molecular weight excluding hydrogens is 302 g/mol. The van der Waals surface area contributed by atoms with Gasteiger partial charge in [0.2, 0.25) is 0 Å². The molecule has 0 aliphatic rings. The van der Waals surface area contributed by atoms with Gasteiger partial charge in [-0.25, -0.2) is 8.78 Å². The minimum atomic E-state index is -2.33. The van der Waals surface area contributed by atoms with Gasteiger partial charge in [0.05, 0.1) is 6.54 Å². The maximum atomic E-state index is 12.4. The van der Waals surface area contributed by atoms with E-state index in [9.17, 15) is 8.78 Å². The summed E-state index contributed by atoms with van der Waals surface area (Å²) in [6.45, 7) is 4.53. The van der Waals surface area contributed by atoms with Crippen molar-refractivity contribution in [2.45, 2.75) is 32.9 Å². The van der Waals surface area contributed by atoms with E-state index in [0.29, 0.717) is 12.6 Å². The van der Waals surface area contributed by atoms with Gasteiger partial charge in [-0.05, 0) is 17.7 Å². The van der Waals surface area contributed by atoms with Crippen LogP contribution in [0.1, 0.15) is 19.4 Å². The van der Waals surface area contributed by atoms with Gasteiger partial charge in [-0.3, -0.25) is 0 Å². The van der Waals surface area contributed by atoms with Crippen molar-refractivity contribution in [3.63, 3.8) is 0 Å². The second kappa shape index (κ2) is 7.04. The van der Waals surface area contributed by atoms with Crippen molar-refractivity contribution >= 4 is 21.6 Å². The van der Waals surface area contributed by atoms with Gasteiger partial charge in [0.25, 0.3) is 6.43 Å². The van der Waals surface area contributed by atoms with Crippen LogP contribution in [0.4, 0.5) is 14.5 Å². The first kappa shape index (κ1) is 15.4. The maximum Gasteiger partial charge on any atom is 0.255 e. The number of anilines is 1. The Morgan fingerprint density at radius 2 is 2.00 bits per heavy atom. The smallest absolute Gasteiger partial charge is 0.255 e. The van der Waals surface area contributed by atoms with E-state index in [-0.39, 0.29) is 6.54 Å². The monoisotopic (exact) mass is 320 g/mol. The Kier molecular flexibility index (Phi) is 6.02. The number of hydrogen-bond donors (Lipinski definition) is 1. The molecule has 0 atom stereocenters. The molecule has 0 amide bonds. The molecule has 0 aliphatic heterocycles. The van der Waals surface area contributed by atoms with Gasteiger partial charge in [-0.2, -0.15) is 0 Å². The average Bonchev–Trinajstić information content (AvgIpc) is 2.26. The number of halogens is 3. The fraction of sp³-hybridized carbons (Fsp3) is 0.538. The SMILES string of the molecule is CC(C)NCc1ccc(Br)cc1N(C)CC(F)F. The molecule has 2 nitrogen and oxygen atoms in total. The summed E-state index contributed by atoms with van der Waals surface area (Å²) in [5.74, 6) is 0. The summed E-state index contributed by atoms with van der Waals surface area (Å²) in [6, 6.07) is 6.12. The standard InChI is InChI=1S/C13H19BrF2N2/c1-9(2)17-7-10-4-5-11(14)6-12(10)18(3)8-13(15)16/h4-6,9,13,17H,7-8H2,1-3H3. The molecule has 0 spiro atoms. The Balaban J connectivity index is 2.88. The largest absolute Gasteiger partial charge is 0.369 e. The molecule has 0 heterocycles. The lowest BCUT2D eigenvalue weighted by molar-refractivity contribution is 0.156. The molecule has 0 unspecified atom stereocenters. The second-order valence-corrected chi connectivity index (χ2v) is 5.50. The molecule has 0 saturated heterocycles. The second-order valence-electron chi connectivity index (χ2n) is 4.58. The summed E-state index contributed by atoms with van der Waals surface area (Å²) in [5, 5.41) is 3.30. The Labute approximate surface area is 115 Å². The van der Waals surface area contributed by atoms with Gasteiger partial charge in [0, 0.05) is 29.8 Å². The number of hydrogen-bond acceptors (Lipinski definition) is 2. The van der Waals surface area contributed by atoms with Crippen LogP contribution in [-0.4, -0.2) is 26.1 Å². The van der Waals surface area contributed by atoms with Gasteiger partial charge in [-0.15, -0.1) is 0 Å². The van der Waals surface area contributed by atoms with Gasteiger partial charge in [0.15, 0.2) is 0 Å². The van der Waals surface area contributed by atoms with E-state index in [1.807, 2.05) is 18.2 Å². The van der Waals surface area contributed by atoms with Gasteiger partial charge < -0.3 is 10.2 Å². The highest BCUT2D eigenvalue weighted by Gasteiger charge is 2.12. The summed E-state index contributed by atoms with van der Waals surface area (Å²) in [6.07, 6.45) is -2.33. The minimum Gasteiger partial charge on any atom is -0.369 e. The topological polar surface area (TPSA) is 15.3 Å². The van der Waals surface area contributed by atoms with Crippen LogP contribution in [0, 0.1) is 0 Å². The third-order valence-electron chi connectivity index (χ3n) is 2.57. The molecule has 0 bridgehead atoms. The lowest BCUT2D eigenvalue weighted by Gasteiger charge is -2.23. The molecule has 0 aliphatic carbocycles. The highest BCUT2D eigenvalue weighted by atomic mass is 79.9. The fourth-order valence-electron chi connectivity index (χ4n) is 1.66. The lowest BCUT2D eigenvalue weighted by Crippen LogP contribution is -2.27. The predicted molar refractivity (Wildman–Crippen MR) is 75.4 cm³/mol. The van der Waals surface area contributed by atoms with Crippen LogP contribution in [0.3, 0.4) is 0 Å². The van der Waals surface area contributed by atoms with Crippen molar-refractivity contribution in [2.24, 2.45) is 0 Å². The highest BCUT2D eigenvalue weighted by Crippen LogP contribution is 2.25. The summed E-state index contributed by atoms with van der Waals surface area (Å²) in [4.78, 5) is 1.59. The van der Waals surface area contributed by atoms with Crippen LogP contribution >= 0.6 is 15.9 Å². The quantitative estimate of drug-likeness (QED) is 0.860. The zero-order valence-corrected chi connectivity index (χ0v) is 12.5. The summed E-state index contributed by atoms with van der Waals surface area (Å²) >= 11 is 3.38. The Morgan fingerprint density at radius 1 is 1.33 bits per heavy atom. The molecule has 0 fully saturated rings. The normalized spacial score (nSPS) is 11.3. The zero-order chi connectivity index (χ0) is 13.7. The van der Waals surface area contributed by atoms with Crippen LogP contribution in [0.15, 0.2) is 22.7 Å². The molecule has 0 aromatic heterocycles. The van der Waals surface area contributed by atoms with E-state index < -0.39 is 6.43 Å². The van der Waals surface area contributed by atoms with E-state index in [2.05, 4.69) is 35.1 Å². The fourth-order valence-corrected chi connectivity index (χ4v) is 2.01. The third kappa shape index (κ3) is 4.90. The molecule has 1 aromatic rings. The molecule has 5 heteroatoms. The Bertz CT molecular complexity index is 383. The van der Waals surface area contributed by atoms with E-state index in [4.69, 9.17) is 0 Å². The van der Waals surface area contributed by atoms with Crippen molar-refractivity contribution in [3.8, 4) is 0 Å². The van der Waals surface area contributed by atoms with E-state index >= 15 is 0 Å². The number of rotatable bonds is 6. The van der Waals surface area contributed by atoms with Crippen molar-refractivity contribution in [1.29, 1.82) is 0 Å². The van der Waals surface area contributed by atoms with Crippen molar-refractivity contribution in [1.82, 2.24) is 5.32 Å². The zero-order valence-electron chi connectivity index (χ0n) is 10.9. The molecule has 102 valence electrons. The first-order chi connectivity index (χ1) is 8.40. The number of nitrogens with one attached hydrogen (secondary N) is 1. The lowest BCUT2D eigenvalue weighted by atomic mass is 10.1. The minimum absolute atomic E-state index is 0.259. The Hall–Kier alpha value is -0.680. The van der Waals surface area contributed by atoms with Crippen LogP contribution in [0.5, 0.6) is 0 Å². The predicted octanol–water partition coefficient (Wildman–Crippen LogP) is 3.65. The van der Waals surface area contributed by atoms with Gasteiger partial charge in [0.1, 0.15) is 0 Å². The molecule has 1 N–H and O–H groups in total. The third-order valence-corrected chi connectivity index (χ3v) is 3.06. The first-order valence-corrected chi connectivity index (χ1v) is 6.70. The van der Waals surface area contributed by atoms with Crippen LogP contribution in [-0.2, 0) is 6.54 Å². The van der Waals surface area contributed by atoms with E-state index in [1.165, 1.54) is 0 Å². The molecular formula is C13H19BrF2N2. The average molecular weight is 321 g/mol. The number of benzene rings is 1. The molecule has 1 rings (SSSR count). The molecule has 0 radical (unpaired) electrons. The summed E-state index contributed by atoms with van der Waals surface area (Å²) in [7, 11) is 1.69. The molecule has 1 aromatic carbocycles. The van der Waals surface area contributed by atoms with Crippen molar-refractivity contribution in [2.75, 3.05) is 18.5 Å². The van der Waals surface area contributed by atoms with Gasteiger partial charge >= 0.3 is 0 Å². The number of nitrogens with zero attached hydrogens (tertiary/aromatic N) is 1. The van der Waals surface area contributed by atoms with Crippen LogP contribution in [0.25, 0.3) is 0 Å².